The number of nitrogens with one attached hydrogen (secondary N) is 1. The fourth-order valence-corrected chi connectivity index (χ4v) is 3.18. The van der Waals surface area contributed by atoms with Gasteiger partial charge in [0.05, 0.1) is 12.6 Å². The van der Waals surface area contributed by atoms with Gasteiger partial charge in [-0.3, -0.25) is 0 Å². The van der Waals surface area contributed by atoms with Crippen LogP contribution in [0.15, 0.2) is 30.7 Å². The number of nitrogens with zero attached hydrogens (tertiary/aromatic N) is 4. The third kappa shape index (κ3) is 3.25. The minimum Gasteiger partial charge on any atom is -0.348 e. The second kappa shape index (κ2) is 6.48. The molecule has 1 N–H and O–H groups in total. The van der Waals surface area contributed by atoms with E-state index in [0.29, 0.717) is 12.5 Å². The minimum absolute atomic E-state index is 0.0240. The molecule has 1 aliphatic heterocycles. The zero-order valence-corrected chi connectivity index (χ0v) is 14.1. The molecular formula is C17H25N5O. The van der Waals surface area contributed by atoms with Crippen LogP contribution in [0.25, 0.3) is 0 Å². The van der Waals surface area contributed by atoms with E-state index in [9.17, 15) is 4.79 Å². The number of urea groups is 1. The molecule has 0 unspecified atom stereocenters. The van der Waals surface area contributed by atoms with Gasteiger partial charge in [0.25, 0.3) is 0 Å². The number of imidazole rings is 1. The van der Waals surface area contributed by atoms with Crippen LogP contribution in [0.4, 0.5) is 4.79 Å². The monoisotopic (exact) mass is 315 g/mol. The highest BCUT2D eigenvalue weighted by molar-refractivity contribution is 5.74. The molecule has 0 radical (unpaired) electrons. The lowest BCUT2D eigenvalue weighted by molar-refractivity contribution is 0.161. The fourth-order valence-electron chi connectivity index (χ4n) is 3.18. The number of carbonyl (C=O) groups excluding carboxylic acids is 1. The average Bonchev–Trinajstić information content (AvgIpc) is 3.14. The number of amides is 2. The normalized spacial score (nSPS) is 17.4. The Labute approximate surface area is 137 Å². The summed E-state index contributed by atoms with van der Waals surface area (Å²) in [5.74, 6) is 1.45. The molecule has 0 spiro atoms. The zero-order chi connectivity index (χ0) is 16.4. The summed E-state index contributed by atoms with van der Waals surface area (Å²) in [6.45, 7) is 9.38. The second-order valence-electron chi connectivity index (χ2n) is 6.54. The molecule has 2 aromatic rings. The summed E-state index contributed by atoms with van der Waals surface area (Å²) >= 11 is 0. The van der Waals surface area contributed by atoms with Gasteiger partial charge < -0.3 is 19.4 Å². The van der Waals surface area contributed by atoms with Crippen molar-refractivity contribution in [3.8, 4) is 0 Å². The summed E-state index contributed by atoms with van der Waals surface area (Å²) in [7, 11) is 0. The Kier molecular flexibility index (Phi) is 4.41. The molecule has 0 fully saturated rings. The van der Waals surface area contributed by atoms with E-state index in [1.54, 1.807) is 6.20 Å². The molecule has 2 aromatic heterocycles. The van der Waals surface area contributed by atoms with E-state index in [1.165, 1.54) is 5.69 Å². The molecule has 3 heterocycles. The largest absolute Gasteiger partial charge is 0.348 e. The molecule has 1 aliphatic rings. The molecule has 0 saturated heterocycles. The van der Waals surface area contributed by atoms with Crippen LogP contribution in [-0.2, 0) is 19.6 Å². The lowest BCUT2D eigenvalue weighted by Crippen LogP contribution is -2.46. The minimum atomic E-state index is -0.0240. The van der Waals surface area contributed by atoms with E-state index in [0.717, 1.165) is 25.5 Å². The van der Waals surface area contributed by atoms with Crippen molar-refractivity contribution in [1.82, 2.24) is 24.3 Å². The molecule has 0 aromatic carbocycles. The summed E-state index contributed by atoms with van der Waals surface area (Å²) in [5.41, 5.74) is 1.19. The highest BCUT2D eigenvalue weighted by atomic mass is 16.2. The van der Waals surface area contributed by atoms with Gasteiger partial charge in [0, 0.05) is 43.9 Å². The lowest BCUT2D eigenvalue weighted by Gasteiger charge is -2.34. The van der Waals surface area contributed by atoms with Crippen molar-refractivity contribution in [2.75, 3.05) is 6.54 Å². The number of hydrogen-bond acceptors (Lipinski definition) is 2. The predicted molar refractivity (Wildman–Crippen MR) is 88.9 cm³/mol. The van der Waals surface area contributed by atoms with Crippen LogP contribution >= 0.6 is 0 Å². The first-order chi connectivity index (χ1) is 11.1. The maximum absolute atomic E-state index is 12.5. The summed E-state index contributed by atoms with van der Waals surface area (Å²) in [6.07, 6.45) is 5.84. The second-order valence-corrected chi connectivity index (χ2v) is 6.54. The smallest absolute Gasteiger partial charge is 0.318 e. The number of fused-ring (bicyclic) bond motifs is 1. The van der Waals surface area contributed by atoms with Crippen LogP contribution < -0.4 is 5.32 Å². The molecule has 6 nitrogen and oxygen atoms in total. The fraction of sp³-hybridized carbons (Fsp3) is 0.529. The Morgan fingerprint density at radius 3 is 3.00 bits per heavy atom. The van der Waals surface area contributed by atoms with Crippen molar-refractivity contribution >= 4 is 6.03 Å². The van der Waals surface area contributed by atoms with Gasteiger partial charge in [0.2, 0.25) is 0 Å². The van der Waals surface area contributed by atoms with Crippen molar-refractivity contribution in [3.63, 3.8) is 0 Å². The molecular weight excluding hydrogens is 290 g/mol. The number of hydrogen-bond donors (Lipinski definition) is 1. The third-order valence-corrected chi connectivity index (χ3v) is 4.36. The number of carbonyl (C=O) groups is 1. The Hall–Kier alpha value is -2.24. The quantitative estimate of drug-likeness (QED) is 0.943. The molecule has 0 saturated carbocycles. The third-order valence-electron chi connectivity index (χ3n) is 4.36. The summed E-state index contributed by atoms with van der Waals surface area (Å²) < 4.78 is 4.32. The molecule has 2 amide bonds. The molecule has 1 atom stereocenters. The summed E-state index contributed by atoms with van der Waals surface area (Å²) in [5, 5.41) is 3.02. The molecule has 0 bridgehead atoms. The maximum Gasteiger partial charge on any atom is 0.318 e. The maximum atomic E-state index is 12.5. The standard InChI is InChI=1S/C17H25N5O/c1-13(2)12-21-8-6-18-16(21)11-19-17(23)22-10-9-20-7-4-5-15(20)14(22)3/h4-8,13-14H,9-12H2,1-3H3,(H,19,23)/t14-/m0/s1. The first-order valence-corrected chi connectivity index (χ1v) is 8.25. The first kappa shape index (κ1) is 15.6. The van der Waals surface area contributed by atoms with Gasteiger partial charge in [-0.1, -0.05) is 13.8 Å². The Morgan fingerprint density at radius 1 is 1.39 bits per heavy atom. The van der Waals surface area contributed by atoms with Crippen molar-refractivity contribution in [3.05, 3.63) is 42.2 Å². The average molecular weight is 315 g/mol. The van der Waals surface area contributed by atoms with Gasteiger partial charge in [-0.25, -0.2) is 9.78 Å². The summed E-state index contributed by atoms with van der Waals surface area (Å²) in [4.78, 5) is 18.8. The number of aromatic nitrogens is 3. The predicted octanol–water partition coefficient (Wildman–Crippen LogP) is 2.63. The Balaban J connectivity index is 1.61. The van der Waals surface area contributed by atoms with Gasteiger partial charge in [-0.05, 0) is 25.0 Å². The van der Waals surface area contributed by atoms with E-state index in [4.69, 9.17) is 0 Å². The van der Waals surface area contributed by atoms with E-state index >= 15 is 0 Å². The van der Waals surface area contributed by atoms with E-state index in [1.807, 2.05) is 17.2 Å². The van der Waals surface area contributed by atoms with Crippen LogP contribution in [0.1, 0.15) is 38.3 Å². The molecule has 6 heteroatoms. The van der Waals surface area contributed by atoms with Gasteiger partial charge in [-0.2, -0.15) is 0 Å². The molecule has 124 valence electrons. The van der Waals surface area contributed by atoms with Crippen LogP contribution in [0, 0.1) is 5.92 Å². The van der Waals surface area contributed by atoms with Crippen molar-refractivity contribution in [2.45, 2.75) is 46.4 Å². The number of rotatable bonds is 4. The van der Waals surface area contributed by atoms with Crippen LogP contribution in [0.3, 0.4) is 0 Å². The lowest BCUT2D eigenvalue weighted by atomic mass is 10.1. The molecule has 0 aliphatic carbocycles. The SMILES string of the molecule is CC(C)Cn1ccnc1CNC(=O)N1CCn2cccc2[C@@H]1C. The van der Waals surface area contributed by atoms with E-state index in [-0.39, 0.29) is 12.1 Å². The van der Waals surface area contributed by atoms with Crippen molar-refractivity contribution < 1.29 is 4.79 Å². The Morgan fingerprint density at radius 2 is 2.22 bits per heavy atom. The highest BCUT2D eigenvalue weighted by Gasteiger charge is 2.27. The topological polar surface area (TPSA) is 55.1 Å². The van der Waals surface area contributed by atoms with Crippen LogP contribution in [0.5, 0.6) is 0 Å². The summed E-state index contributed by atoms with van der Waals surface area (Å²) in [6, 6.07) is 4.19. The van der Waals surface area contributed by atoms with Gasteiger partial charge >= 0.3 is 6.03 Å². The highest BCUT2D eigenvalue weighted by Crippen LogP contribution is 2.25. The first-order valence-electron chi connectivity index (χ1n) is 8.25. The molecule has 3 rings (SSSR count). The Bertz CT molecular complexity index is 672. The van der Waals surface area contributed by atoms with Crippen molar-refractivity contribution in [1.29, 1.82) is 0 Å². The molecule has 23 heavy (non-hydrogen) atoms. The van der Waals surface area contributed by atoms with E-state index in [2.05, 4.69) is 52.5 Å². The van der Waals surface area contributed by atoms with E-state index < -0.39 is 0 Å². The van der Waals surface area contributed by atoms with Crippen LogP contribution in [0.2, 0.25) is 0 Å². The zero-order valence-electron chi connectivity index (χ0n) is 14.1. The van der Waals surface area contributed by atoms with Gasteiger partial charge in [0.15, 0.2) is 0 Å². The van der Waals surface area contributed by atoms with Gasteiger partial charge in [0.1, 0.15) is 5.82 Å². The van der Waals surface area contributed by atoms with Crippen molar-refractivity contribution in [2.24, 2.45) is 5.92 Å². The van der Waals surface area contributed by atoms with Gasteiger partial charge in [-0.15, -0.1) is 0 Å². The van der Waals surface area contributed by atoms with Crippen LogP contribution in [-0.4, -0.2) is 31.6 Å².